The molecule has 0 radical (unpaired) electrons. The summed E-state index contributed by atoms with van der Waals surface area (Å²) in [6.07, 6.45) is 2.28. The molecule has 0 saturated heterocycles. The van der Waals surface area contributed by atoms with Crippen molar-refractivity contribution in [3.8, 4) is 0 Å². The van der Waals surface area contributed by atoms with Gasteiger partial charge >= 0.3 is 0 Å². The third kappa shape index (κ3) is 3.39. The number of hydrogen-bond acceptors (Lipinski definition) is 3. The fraction of sp³-hybridized carbons (Fsp3) is 0.312. The number of carbonyl (C=O) groups excluding carboxylic acids is 1. The van der Waals surface area contributed by atoms with Crippen LogP contribution in [0.3, 0.4) is 0 Å². The van der Waals surface area contributed by atoms with Crippen molar-refractivity contribution >= 4 is 22.9 Å². The smallest absolute Gasteiger partial charge is 0.242 e. The molecule has 2 aromatic rings. The molecule has 0 aliphatic heterocycles. The Bertz CT molecular complexity index is 549. The van der Waals surface area contributed by atoms with Gasteiger partial charge in [0.25, 0.3) is 0 Å². The highest BCUT2D eigenvalue weighted by Gasteiger charge is 2.32. The van der Waals surface area contributed by atoms with Crippen molar-refractivity contribution in [2.45, 2.75) is 25.4 Å². The standard InChI is InChI=1S/C16H18N2OS/c19-16(11-17-13-5-2-1-3-6-13)18(14-8-9-14)12-15-7-4-10-20-15/h1-7,10,14,17H,8-9,11-12H2. The van der Waals surface area contributed by atoms with Crippen molar-refractivity contribution in [1.29, 1.82) is 0 Å². The first-order valence-electron chi connectivity index (χ1n) is 6.94. The number of nitrogens with one attached hydrogen (secondary N) is 1. The summed E-state index contributed by atoms with van der Waals surface area (Å²) in [6.45, 7) is 1.11. The molecular formula is C16H18N2OS. The molecule has 1 aliphatic rings. The number of thiophene rings is 1. The summed E-state index contributed by atoms with van der Waals surface area (Å²) in [5, 5.41) is 5.26. The number of amides is 1. The molecule has 1 aliphatic carbocycles. The number of rotatable bonds is 6. The molecule has 1 aromatic carbocycles. The second-order valence-electron chi connectivity index (χ2n) is 5.05. The van der Waals surface area contributed by atoms with E-state index in [4.69, 9.17) is 0 Å². The van der Waals surface area contributed by atoms with Gasteiger partial charge in [0.2, 0.25) is 5.91 Å². The molecule has 0 unspecified atom stereocenters. The van der Waals surface area contributed by atoms with E-state index in [-0.39, 0.29) is 5.91 Å². The lowest BCUT2D eigenvalue weighted by atomic mass is 10.3. The number of hydrogen-bond donors (Lipinski definition) is 1. The lowest BCUT2D eigenvalue weighted by molar-refractivity contribution is -0.130. The zero-order valence-electron chi connectivity index (χ0n) is 11.3. The molecule has 3 nitrogen and oxygen atoms in total. The Labute approximate surface area is 123 Å². The van der Waals surface area contributed by atoms with Crippen LogP contribution in [-0.2, 0) is 11.3 Å². The monoisotopic (exact) mass is 286 g/mol. The van der Waals surface area contributed by atoms with E-state index in [0.717, 1.165) is 25.1 Å². The normalized spacial score (nSPS) is 14.0. The van der Waals surface area contributed by atoms with E-state index in [1.165, 1.54) is 4.88 Å². The average Bonchev–Trinajstić information content (AvgIpc) is 3.20. The third-order valence-electron chi connectivity index (χ3n) is 3.43. The summed E-state index contributed by atoms with van der Waals surface area (Å²) >= 11 is 1.71. The van der Waals surface area contributed by atoms with E-state index in [1.807, 2.05) is 41.3 Å². The average molecular weight is 286 g/mol. The van der Waals surface area contributed by atoms with Gasteiger partial charge in [0, 0.05) is 16.6 Å². The van der Waals surface area contributed by atoms with E-state index >= 15 is 0 Å². The second-order valence-corrected chi connectivity index (χ2v) is 6.08. The molecule has 3 rings (SSSR count). The molecule has 0 bridgehead atoms. The molecule has 0 spiro atoms. The van der Waals surface area contributed by atoms with Gasteiger partial charge in [-0.3, -0.25) is 4.79 Å². The third-order valence-corrected chi connectivity index (χ3v) is 4.29. The Kier molecular flexibility index (Phi) is 4.02. The predicted octanol–water partition coefficient (Wildman–Crippen LogP) is 3.35. The van der Waals surface area contributed by atoms with Crippen molar-refractivity contribution < 1.29 is 4.79 Å². The summed E-state index contributed by atoms with van der Waals surface area (Å²) in [7, 11) is 0. The maximum Gasteiger partial charge on any atom is 0.242 e. The number of benzene rings is 1. The van der Waals surface area contributed by atoms with Crippen LogP contribution in [0.2, 0.25) is 0 Å². The topological polar surface area (TPSA) is 32.3 Å². The first-order valence-corrected chi connectivity index (χ1v) is 7.81. The molecule has 1 aromatic heterocycles. The number of nitrogens with zero attached hydrogens (tertiary/aromatic N) is 1. The van der Waals surface area contributed by atoms with Crippen LogP contribution in [0.4, 0.5) is 5.69 Å². The van der Waals surface area contributed by atoms with Crippen molar-refractivity contribution in [2.24, 2.45) is 0 Å². The number of para-hydroxylation sites is 1. The van der Waals surface area contributed by atoms with E-state index < -0.39 is 0 Å². The van der Waals surface area contributed by atoms with Crippen molar-refractivity contribution in [2.75, 3.05) is 11.9 Å². The minimum absolute atomic E-state index is 0.185. The van der Waals surface area contributed by atoms with E-state index in [9.17, 15) is 4.79 Å². The largest absolute Gasteiger partial charge is 0.376 e. The number of carbonyl (C=O) groups is 1. The van der Waals surface area contributed by atoms with Crippen LogP contribution in [0.15, 0.2) is 47.8 Å². The van der Waals surface area contributed by atoms with Crippen LogP contribution in [0.5, 0.6) is 0 Å². The van der Waals surface area contributed by atoms with Crippen LogP contribution in [-0.4, -0.2) is 23.4 Å². The lowest BCUT2D eigenvalue weighted by Crippen LogP contribution is -2.36. The molecule has 1 fully saturated rings. The van der Waals surface area contributed by atoms with Crippen molar-refractivity contribution in [3.05, 3.63) is 52.7 Å². The Hall–Kier alpha value is -1.81. The molecule has 0 atom stereocenters. The van der Waals surface area contributed by atoms with Crippen LogP contribution < -0.4 is 5.32 Å². The van der Waals surface area contributed by atoms with Crippen molar-refractivity contribution in [3.63, 3.8) is 0 Å². The predicted molar refractivity (Wildman–Crippen MR) is 82.8 cm³/mol. The van der Waals surface area contributed by atoms with Gasteiger partial charge in [-0.25, -0.2) is 0 Å². The highest BCUT2D eigenvalue weighted by Crippen LogP contribution is 2.29. The summed E-state index contributed by atoms with van der Waals surface area (Å²) < 4.78 is 0. The summed E-state index contributed by atoms with van der Waals surface area (Å²) in [6, 6.07) is 14.5. The minimum atomic E-state index is 0.185. The van der Waals surface area contributed by atoms with Gasteiger partial charge < -0.3 is 10.2 Å². The van der Waals surface area contributed by atoms with Gasteiger partial charge in [-0.1, -0.05) is 24.3 Å². The molecule has 1 amide bonds. The molecule has 1 N–H and O–H groups in total. The fourth-order valence-corrected chi connectivity index (χ4v) is 2.92. The maximum atomic E-state index is 12.4. The Balaban J connectivity index is 1.58. The Morgan fingerprint density at radius 2 is 2.00 bits per heavy atom. The van der Waals surface area contributed by atoms with Gasteiger partial charge in [0.05, 0.1) is 13.1 Å². The summed E-state index contributed by atoms with van der Waals surface area (Å²) in [5.74, 6) is 0.185. The zero-order chi connectivity index (χ0) is 13.8. The van der Waals surface area contributed by atoms with Crippen molar-refractivity contribution in [1.82, 2.24) is 4.90 Å². The highest BCUT2D eigenvalue weighted by atomic mass is 32.1. The molecular weight excluding hydrogens is 268 g/mol. The molecule has 104 valence electrons. The van der Waals surface area contributed by atoms with E-state index in [0.29, 0.717) is 12.6 Å². The maximum absolute atomic E-state index is 12.4. The summed E-state index contributed by atoms with van der Waals surface area (Å²) in [4.78, 5) is 15.7. The van der Waals surface area contributed by atoms with Gasteiger partial charge in [-0.15, -0.1) is 11.3 Å². The van der Waals surface area contributed by atoms with E-state index in [1.54, 1.807) is 11.3 Å². The zero-order valence-corrected chi connectivity index (χ0v) is 12.1. The van der Waals surface area contributed by atoms with Gasteiger partial charge in [0.1, 0.15) is 0 Å². The van der Waals surface area contributed by atoms with Crippen LogP contribution in [0.25, 0.3) is 0 Å². The molecule has 1 saturated carbocycles. The lowest BCUT2D eigenvalue weighted by Gasteiger charge is -2.22. The molecule has 4 heteroatoms. The molecule has 1 heterocycles. The number of anilines is 1. The first kappa shape index (κ1) is 13.2. The fourth-order valence-electron chi connectivity index (χ4n) is 2.21. The highest BCUT2D eigenvalue weighted by molar-refractivity contribution is 7.09. The van der Waals surface area contributed by atoms with Crippen LogP contribution in [0.1, 0.15) is 17.7 Å². The van der Waals surface area contributed by atoms with Gasteiger partial charge in [-0.2, -0.15) is 0 Å². The SMILES string of the molecule is O=C(CNc1ccccc1)N(Cc1cccs1)C1CC1. The second kappa shape index (κ2) is 6.09. The van der Waals surface area contributed by atoms with E-state index in [2.05, 4.69) is 16.8 Å². The van der Waals surface area contributed by atoms with Crippen LogP contribution in [0, 0.1) is 0 Å². The summed E-state index contributed by atoms with van der Waals surface area (Å²) in [5.41, 5.74) is 0.993. The van der Waals surface area contributed by atoms with Crippen LogP contribution >= 0.6 is 11.3 Å². The molecule has 20 heavy (non-hydrogen) atoms. The minimum Gasteiger partial charge on any atom is -0.376 e. The Morgan fingerprint density at radius 3 is 2.65 bits per heavy atom. The van der Waals surface area contributed by atoms with Gasteiger partial charge in [-0.05, 0) is 36.4 Å². The van der Waals surface area contributed by atoms with Gasteiger partial charge in [0.15, 0.2) is 0 Å². The quantitative estimate of drug-likeness (QED) is 0.883. The Morgan fingerprint density at radius 1 is 1.20 bits per heavy atom. The first-order chi connectivity index (χ1) is 9.83.